The molecule has 0 unspecified atom stereocenters. The SMILES string of the molecule is COc1cccc(/C=C/C(=O)Nc2ccc(Cl)cn2)c1. The van der Waals surface area contributed by atoms with Gasteiger partial charge in [0.2, 0.25) is 5.91 Å². The van der Waals surface area contributed by atoms with Crippen LogP contribution in [0.15, 0.2) is 48.7 Å². The molecule has 2 aromatic rings. The maximum atomic E-state index is 11.7. The van der Waals surface area contributed by atoms with Crippen molar-refractivity contribution in [3.8, 4) is 5.75 Å². The summed E-state index contributed by atoms with van der Waals surface area (Å²) in [7, 11) is 1.60. The zero-order valence-corrected chi connectivity index (χ0v) is 11.6. The maximum absolute atomic E-state index is 11.7. The normalized spacial score (nSPS) is 10.5. The largest absolute Gasteiger partial charge is 0.497 e. The number of benzene rings is 1. The summed E-state index contributed by atoms with van der Waals surface area (Å²) in [6.07, 6.45) is 4.61. The molecule has 2 rings (SSSR count). The summed E-state index contributed by atoms with van der Waals surface area (Å²) in [6.45, 7) is 0. The number of methoxy groups -OCH3 is 1. The minimum atomic E-state index is -0.261. The lowest BCUT2D eigenvalue weighted by atomic mass is 10.2. The van der Waals surface area contributed by atoms with Crippen LogP contribution < -0.4 is 10.1 Å². The molecule has 4 nitrogen and oxygen atoms in total. The summed E-state index contributed by atoms with van der Waals surface area (Å²) in [5, 5.41) is 3.16. The number of hydrogen-bond acceptors (Lipinski definition) is 3. The first-order chi connectivity index (χ1) is 9.67. The number of amides is 1. The van der Waals surface area contributed by atoms with Crippen LogP contribution in [-0.2, 0) is 4.79 Å². The van der Waals surface area contributed by atoms with Crippen molar-refractivity contribution in [3.63, 3.8) is 0 Å². The Kier molecular flexibility index (Phi) is 4.74. The third kappa shape index (κ3) is 4.10. The van der Waals surface area contributed by atoms with Crippen molar-refractivity contribution in [2.24, 2.45) is 0 Å². The van der Waals surface area contributed by atoms with Gasteiger partial charge >= 0.3 is 0 Å². The fourth-order valence-corrected chi connectivity index (χ4v) is 1.65. The summed E-state index contributed by atoms with van der Waals surface area (Å²) in [5.41, 5.74) is 0.878. The molecule has 5 heteroatoms. The predicted octanol–water partition coefficient (Wildman–Crippen LogP) is 3.40. The predicted molar refractivity (Wildman–Crippen MR) is 79.9 cm³/mol. The highest BCUT2D eigenvalue weighted by atomic mass is 35.5. The molecule has 0 atom stereocenters. The number of nitrogens with zero attached hydrogens (tertiary/aromatic N) is 1. The van der Waals surface area contributed by atoms with E-state index in [4.69, 9.17) is 16.3 Å². The molecule has 0 spiro atoms. The van der Waals surface area contributed by atoms with Crippen LogP contribution in [0.1, 0.15) is 5.56 Å². The summed E-state index contributed by atoms with van der Waals surface area (Å²) in [5.74, 6) is 0.935. The second kappa shape index (κ2) is 6.73. The molecule has 1 N–H and O–H groups in total. The van der Waals surface area contributed by atoms with Crippen molar-refractivity contribution in [3.05, 3.63) is 59.3 Å². The summed E-state index contributed by atoms with van der Waals surface area (Å²) in [4.78, 5) is 15.7. The van der Waals surface area contributed by atoms with Crippen LogP contribution in [0, 0.1) is 0 Å². The summed E-state index contributed by atoms with van der Waals surface area (Å²) < 4.78 is 5.11. The second-order valence-electron chi connectivity index (χ2n) is 3.96. The molecule has 0 saturated heterocycles. The van der Waals surface area contributed by atoms with Crippen LogP contribution in [0.25, 0.3) is 6.08 Å². The average molecular weight is 289 g/mol. The quantitative estimate of drug-likeness (QED) is 0.877. The van der Waals surface area contributed by atoms with Crippen molar-refractivity contribution in [2.45, 2.75) is 0 Å². The Bertz CT molecular complexity index is 624. The van der Waals surface area contributed by atoms with E-state index >= 15 is 0 Å². The molecule has 0 saturated carbocycles. The molecule has 1 amide bonds. The van der Waals surface area contributed by atoms with Gasteiger partial charge in [-0.1, -0.05) is 23.7 Å². The summed E-state index contributed by atoms with van der Waals surface area (Å²) >= 11 is 5.72. The third-order valence-electron chi connectivity index (χ3n) is 2.50. The molecule has 102 valence electrons. The minimum Gasteiger partial charge on any atom is -0.497 e. The minimum absolute atomic E-state index is 0.261. The van der Waals surface area contributed by atoms with Gasteiger partial charge in [-0.3, -0.25) is 4.79 Å². The third-order valence-corrected chi connectivity index (χ3v) is 2.72. The van der Waals surface area contributed by atoms with E-state index in [2.05, 4.69) is 10.3 Å². The Morgan fingerprint density at radius 1 is 1.35 bits per heavy atom. The van der Waals surface area contributed by atoms with Crippen LogP contribution in [0.2, 0.25) is 5.02 Å². The molecule has 0 aliphatic rings. The number of anilines is 1. The number of aromatic nitrogens is 1. The van der Waals surface area contributed by atoms with E-state index in [1.807, 2.05) is 24.3 Å². The number of ether oxygens (including phenoxy) is 1. The number of carbonyl (C=O) groups excluding carboxylic acids is 1. The highest BCUT2D eigenvalue weighted by Crippen LogP contribution is 2.14. The summed E-state index contributed by atoms with van der Waals surface area (Å²) in [6, 6.07) is 10.7. The van der Waals surface area contributed by atoms with Gasteiger partial charge in [0.25, 0.3) is 0 Å². The topological polar surface area (TPSA) is 51.2 Å². The van der Waals surface area contributed by atoms with E-state index in [0.717, 1.165) is 11.3 Å². The number of nitrogens with one attached hydrogen (secondary N) is 1. The first-order valence-corrected chi connectivity index (χ1v) is 6.30. The van der Waals surface area contributed by atoms with Crippen LogP contribution in [0.5, 0.6) is 5.75 Å². The molecular formula is C15H13ClN2O2. The van der Waals surface area contributed by atoms with Gasteiger partial charge in [-0.15, -0.1) is 0 Å². The van der Waals surface area contributed by atoms with E-state index in [9.17, 15) is 4.79 Å². The molecule has 0 fully saturated rings. The fraction of sp³-hybridized carbons (Fsp3) is 0.0667. The van der Waals surface area contributed by atoms with Crippen molar-refractivity contribution >= 4 is 29.4 Å². The Morgan fingerprint density at radius 3 is 2.90 bits per heavy atom. The molecule has 0 bridgehead atoms. The van der Waals surface area contributed by atoms with Gasteiger partial charge in [-0.05, 0) is 35.9 Å². The molecule has 20 heavy (non-hydrogen) atoms. The molecule has 0 aliphatic heterocycles. The van der Waals surface area contributed by atoms with E-state index in [-0.39, 0.29) is 5.91 Å². The van der Waals surface area contributed by atoms with Crippen LogP contribution in [-0.4, -0.2) is 18.0 Å². The zero-order valence-electron chi connectivity index (χ0n) is 10.8. The fourth-order valence-electron chi connectivity index (χ4n) is 1.53. The van der Waals surface area contributed by atoms with Crippen molar-refractivity contribution in [1.29, 1.82) is 0 Å². The molecule has 0 radical (unpaired) electrons. The van der Waals surface area contributed by atoms with Crippen LogP contribution in [0.4, 0.5) is 5.82 Å². The number of halogens is 1. The first kappa shape index (κ1) is 14.1. The molecular weight excluding hydrogens is 276 g/mol. The van der Waals surface area contributed by atoms with Crippen molar-refractivity contribution in [2.75, 3.05) is 12.4 Å². The van der Waals surface area contributed by atoms with Crippen LogP contribution >= 0.6 is 11.6 Å². The standard InChI is InChI=1S/C15H13ClN2O2/c1-20-13-4-2-3-11(9-13)5-8-15(19)18-14-7-6-12(16)10-17-14/h2-10H,1H3,(H,17,18,19)/b8-5+. The number of rotatable bonds is 4. The lowest BCUT2D eigenvalue weighted by molar-refractivity contribution is -0.111. The van der Waals surface area contributed by atoms with Gasteiger partial charge in [0.15, 0.2) is 0 Å². The zero-order chi connectivity index (χ0) is 14.4. The Labute approximate surface area is 122 Å². The monoisotopic (exact) mass is 288 g/mol. The molecule has 1 aromatic carbocycles. The van der Waals surface area contributed by atoms with Gasteiger partial charge in [0.1, 0.15) is 11.6 Å². The van der Waals surface area contributed by atoms with E-state index in [1.165, 1.54) is 12.3 Å². The van der Waals surface area contributed by atoms with Crippen molar-refractivity contribution in [1.82, 2.24) is 4.98 Å². The van der Waals surface area contributed by atoms with E-state index in [0.29, 0.717) is 10.8 Å². The smallest absolute Gasteiger partial charge is 0.249 e. The average Bonchev–Trinajstić information content (AvgIpc) is 2.48. The number of carbonyl (C=O) groups is 1. The number of hydrogen-bond donors (Lipinski definition) is 1. The Morgan fingerprint density at radius 2 is 2.20 bits per heavy atom. The Hall–Kier alpha value is -2.33. The molecule has 0 aliphatic carbocycles. The molecule has 1 aromatic heterocycles. The first-order valence-electron chi connectivity index (χ1n) is 5.92. The van der Waals surface area contributed by atoms with E-state index in [1.54, 1.807) is 25.3 Å². The highest BCUT2D eigenvalue weighted by molar-refractivity contribution is 6.30. The van der Waals surface area contributed by atoms with Gasteiger partial charge in [-0.25, -0.2) is 4.98 Å². The van der Waals surface area contributed by atoms with Gasteiger partial charge in [0, 0.05) is 12.3 Å². The van der Waals surface area contributed by atoms with Crippen molar-refractivity contribution < 1.29 is 9.53 Å². The number of pyridine rings is 1. The van der Waals surface area contributed by atoms with Gasteiger partial charge in [0.05, 0.1) is 12.1 Å². The highest BCUT2D eigenvalue weighted by Gasteiger charge is 1.99. The lowest BCUT2D eigenvalue weighted by Crippen LogP contribution is -2.08. The van der Waals surface area contributed by atoms with Gasteiger partial charge in [-0.2, -0.15) is 0 Å². The maximum Gasteiger partial charge on any atom is 0.249 e. The second-order valence-corrected chi connectivity index (χ2v) is 4.40. The van der Waals surface area contributed by atoms with Crippen LogP contribution in [0.3, 0.4) is 0 Å². The van der Waals surface area contributed by atoms with Gasteiger partial charge < -0.3 is 10.1 Å². The Balaban J connectivity index is 1.99. The van der Waals surface area contributed by atoms with E-state index < -0.39 is 0 Å². The molecule has 1 heterocycles. The lowest BCUT2D eigenvalue weighted by Gasteiger charge is -2.01.